The van der Waals surface area contributed by atoms with Gasteiger partial charge >= 0.3 is 0 Å². The van der Waals surface area contributed by atoms with Crippen LogP contribution in [0.3, 0.4) is 0 Å². The van der Waals surface area contributed by atoms with Crippen molar-refractivity contribution in [1.29, 1.82) is 0 Å². The topological polar surface area (TPSA) is 38.0 Å². The second-order valence-corrected chi connectivity index (χ2v) is 4.15. The first-order valence-corrected chi connectivity index (χ1v) is 5.77. The summed E-state index contributed by atoms with van der Waals surface area (Å²) in [7, 11) is 0. The Labute approximate surface area is 109 Å². The summed E-state index contributed by atoms with van der Waals surface area (Å²) in [6.07, 6.45) is -0.0735. The highest BCUT2D eigenvalue weighted by Gasteiger charge is 2.18. The summed E-state index contributed by atoms with van der Waals surface area (Å²) in [6.45, 7) is 0. The number of benzene rings is 2. The van der Waals surface area contributed by atoms with Crippen molar-refractivity contribution in [2.75, 3.05) is 0 Å². The van der Waals surface area contributed by atoms with E-state index in [1.807, 2.05) is 0 Å². The van der Waals surface area contributed by atoms with Crippen LogP contribution in [0, 0.1) is 17.5 Å². The minimum Gasteiger partial charge on any atom is -0.271 e. The molecule has 0 aliphatic heterocycles. The molecule has 0 fully saturated rings. The highest BCUT2D eigenvalue weighted by molar-refractivity contribution is 5.26. The highest BCUT2D eigenvalue weighted by Crippen LogP contribution is 2.23. The highest BCUT2D eigenvalue weighted by atomic mass is 19.1. The van der Waals surface area contributed by atoms with Crippen molar-refractivity contribution in [1.82, 2.24) is 5.43 Å². The molecular formula is C14H13F3N2. The van der Waals surface area contributed by atoms with Crippen LogP contribution in [-0.2, 0) is 6.42 Å². The number of nitrogens with one attached hydrogen (secondary N) is 1. The first-order chi connectivity index (χ1) is 9.13. The predicted molar refractivity (Wildman–Crippen MR) is 66.5 cm³/mol. The molecule has 1 atom stereocenters. The Morgan fingerprint density at radius 2 is 1.47 bits per heavy atom. The zero-order chi connectivity index (χ0) is 13.8. The van der Waals surface area contributed by atoms with Crippen LogP contribution in [0.15, 0.2) is 42.5 Å². The van der Waals surface area contributed by atoms with Gasteiger partial charge in [0.15, 0.2) is 0 Å². The number of hydrogen-bond acceptors (Lipinski definition) is 2. The minimum absolute atomic E-state index is 0.0735. The molecule has 1 unspecified atom stereocenters. The molecule has 0 aliphatic carbocycles. The molecule has 0 aliphatic rings. The first kappa shape index (κ1) is 13.6. The van der Waals surface area contributed by atoms with Gasteiger partial charge in [0.2, 0.25) is 0 Å². The third kappa shape index (κ3) is 2.94. The summed E-state index contributed by atoms with van der Waals surface area (Å²) < 4.78 is 40.8. The first-order valence-electron chi connectivity index (χ1n) is 5.77. The van der Waals surface area contributed by atoms with Crippen molar-refractivity contribution in [3.05, 3.63) is 71.0 Å². The van der Waals surface area contributed by atoms with Crippen LogP contribution in [0.25, 0.3) is 0 Å². The van der Waals surface area contributed by atoms with Gasteiger partial charge in [-0.15, -0.1) is 0 Å². The lowest BCUT2D eigenvalue weighted by Gasteiger charge is -2.17. The lowest BCUT2D eigenvalue weighted by Crippen LogP contribution is -2.30. The van der Waals surface area contributed by atoms with Crippen LogP contribution in [0.5, 0.6) is 0 Å². The lowest BCUT2D eigenvalue weighted by molar-refractivity contribution is 0.480. The van der Waals surface area contributed by atoms with Crippen LogP contribution in [0.4, 0.5) is 13.2 Å². The van der Waals surface area contributed by atoms with Gasteiger partial charge in [-0.05, 0) is 24.6 Å². The van der Waals surface area contributed by atoms with E-state index in [0.717, 1.165) is 12.1 Å². The molecule has 2 nitrogen and oxygen atoms in total. The number of halogens is 3. The van der Waals surface area contributed by atoms with Gasteiger partial charge in [0.05, 0.1) is 6.04 Å². The molecular weight excluding hydrogens is 253 g/mol. The summed E-state index contributed by atoms with van der Waals surface area (Å²) in [5, 5.41) is 0. The summed E-state index contributed by atoms with van der Waals surface area (Å²) in [4.78, 5) is 0. The van der Waals surface area contributed by atoms with Gasteiger partial charge in [-0.1, -0.05) is 24.3 Å². The van der Waals surface area contributed by atoms with E-state index in [2.05, 4.69) is 5.43 Å². The van der Waals surface area contributed by atoms with Crippen LogP contribution in [-0.4, -0.2) is 0 Å². The summed E-state index contributed by atoms with van der Waals surface area (Å²) in [5.41, 5.74) is 2.54. The van der Waals surface area contributed by atoms with E-state index in [1.165, 1.54) is 24.3 Å². The monoisotopic (exact) mass is 266 g/mol. The van der Waals surface area contributed by atoms with Gasteiger partial charge in [-0.25, -0.2) is 13.2 Å². The number of nitrogens with two attached hydrogens (primary N) is 1. The fraction of sp³-hybridized carbons (Fsp3) is 0.143. The Kier molecular flexibility index (Phi) is 4.19. The van der Waals surface area contributed by atoms with Crippen molar-refractivity contribution in [2.45, 2.75) is 12.5 Å². The van der Waals surface area contributed by atoms with Crippen molar-refractivity contribution < 1.29 is 13.2 Å². The maximum absolute atomic E-state index is 13.6. The molecule has 0 saturated heterocycles. The summed E-state index contributed by atoms with van der Waals surface area (Å²) >= 11 is 0. The second kappa shape index (κ2) is 5.86. The molecule has 3 N–H and O–H groups in total. The molecule has 2 aromatic rings. The average molecular weight is 266 g/mol. The quantitative estimate of drug-likeness (QED) is 0.659. The van der Waals surface area contributed by atoms with Crippen LogP contribution >= 0.6 is 0 Å². The molecule has 0 saturated carbocycles. The van der Waals surface area contributed by atoms with Gasteiger partial charge in [0.25, 0.3) is 0 Å². The van der Waals surface area contributed by atoms with E-state index in [1.54, 1.807) is 6.07 Å². The summed E-state index contributed by atoms with van der Waals surface area (Å²) in [5.74, 6) is 3.55. The van der Waals surface area contributed by atoms with E-state index in [0.29, 0.717) is 0 Å². The minimum atomic E-state index is -0.701. The third-order valence-electron chi connectivity index (χ3n) is 2.95. The molecule has 19 heavy (non-hydrogen) atoms. The third-order valence-corrected chi connectivity index (χ3v) is 2.95. The smallest absolute Gasteiger partial charge is 0.129 e. The van der Waals surface area contributed by atoms with E-state index >= 15 is 0 Å². The standard InChI is InChI=1S/C14H13F3N2/c15-11-5-2-1-4-9(11)14(19-18)8-10-12(16)6-3-7-13(10)17/h1-7,14,19H,8,18H2. The molecule has 0 bridgehead atoms. The molecule has 0 spiro atoms. The Hall–Kier alpha value is -1.85. The van der Waals surface area contributed by atoms with Gasteiger partial charge < -0.3 is 0 Å². The Morgan fingerprint density at radius 3 is 2.05 bits per heavy atom. The fourth-order valence-corrected chi connectivity index (χ4v) is 1.95. The fourth-order valence-electron chi connectivity index (χ4n) is 1.95. The molecule has 0 heterocycles. The van der Waals surface area contributed by atoms with E-state index in [4.69, 9.17) is 5.84 Å². The van der Waals surface area contributed by atoms with E-state index in [9.17, 15) is 13.2 Å². The molecule has 2 aromatic carbocycles. The Morgan fingerprint density at radius 1 is 0.895 bits per heavy atom. The molecule has 5 heteroatoms. The molecule has 2 rings (SSSR count). The Bertz CT molecular complexity index is 552. The van der Waals surface area contributed by atoms with E-state index < -0.39 is 23.5 Å². The Balaban J connectivity index is 2.32. The number of hydrogen-bond donors (Lipinski definition) is 2. The van der Waals surface area contributed by atoms with Gasteiger partial charge in [0.1, 0.15) is 17.5 Å². The van der Waals surface area contributed by atoms with E-state index in [-0.39, 0.29) is 17.5 Å². The van der Waals surface area contributed by atoms with Crippen molar-refractivity contribution >= 4 is 0 Å². The largest absolute Gasteiger partial charge is 0.271 e. The van der Waals surface area contributed by atoms with Crippen LogP contribution in [0.2, 0.25) is 0 Å². The zero-order valence-corrected chi connectivity index (χ0v) is 10.0. The van der Waals surface area contributed by atoms with Crippen molar-refractivity contribution in [3.63, 3.8) is 0 Å². The maximum atomic E-state index is 13.6. The van der Waals surface area contributed by atoms with Crippen molar-refractivity contribution in [3.8, 4) is 0 Å². The molecule has 0 radical (unpaired) electrons. The number of hydrazine groups is 1. The molecule has 0 aromatic heterocycles. The normalized spacial score (nSPS) is 12.4. The van der Waals surface area contributed by atoms with Gasteiger partial charge in [-0.2, -0.15) is 0 Å². The SMILES string of the molecule is NNC(Cc1c(F)cccc1F)c1ccccc1F. The molecule has 100 valence electrons. The van der Waals surface area contributed by atoms with Crippen molar-refractivity contribution in [2.24, 2.45) is 5.84 Å². The zero-order valence-electron chi connectivity index (χ0n) is 10.0. The van der Waals surface area contributed by atoms with Gasteiger partial charge in [-0.3, -0.25) is 11.3 Å². The van der Waals surface area contributed by atoms with Gasteiger partial charge in [0, 0.05) is 11.1 Å². The summed E-state index contributed by atoms with van der Waals surface area (Å²) in [6, 6.07) is 8.88. The molecule has 0 amide bonds. The average Bonchev–Trinajstić information content (AvgIpc) is 2.40. The van der Waals surface area contributed by atoms with Crippen LogP contribution < -0.4 is 11.3 Å². The maximum Gasteiger partial charge on any atom is 0.129 e. The number of rotatable bonds is 4. The van der Waals surface area contributed by atoms with Crippen LogP contribution in [0.1, 0.15) is 17.2 Å². The second-order valence-electron chi connectivity index (χ2n) is 4.15. The lowest BCUT2D eigenvalue weighted by atomic mass is 9.98. The predicted octanol–water partition coefficient (Wildman–Crippen LogP) is 2.85.